The van der Waals surface area contributed by atoms with Crippen LogP contribution in [0.2, 0.25) is 0 Å². The Hall–Kier alpha value is -3.40. The molecule has 1 aromatic carbocycles. The van der Waals surface area contributed by atoms with Gasteiger partial charge in [0.25, 0.3) is 5.91 Å². The van der Waals surface area contributed by atoms with Gasteiger partial charge in [-0.1, -0.05) is 61.5 Å². The van der Waals surface area contributed by atoms with Crippen molar-refractivity contribution in [3.8, 4) is 22.8 Å². The Balaban J connectivity index is 0. The molecule has 2 rings (SSSR count). The Morgan fingerprint density at radius 2 is 1.50 bits per heavy atom. The molecular weight excluding hydrogens is 536 g/mol. The van der Waals surface area contributed by atoms with Crippen LogP contribution in [0.15, 0.2) is 24.3 Å². The number of aromatic nitrogens is 2. The van der Waals surface area contributed by atoms with Gasteiger partial charge in [0.15, 0.2) is 5.69 Å². The molecule has 1 aromatic heterocycles. The Morgan fingerprint density at radius 3 is 1.93 bits per heavy atom. The van der Waals surface area contributed by atoms with E-state index in [1.807, 2.05) is 64.4 Å². The fraction of sp³-hybridized carbons (Fsp3) is 0.625. The first-order valence-corrected chi connectivity index (χ1v) is 14.9. The molecule has 0 aliphatic heterocycles. The molecular formula is C32H56N4O6. The highest BCUT2D eigenvalue weighted by Gasteiger charge is 2.26. The van der Waals surface area contributed by atoms with Gasteiger partial charge in [-0.15, -0.1) is 0 Å². The van der Waals surface area contributed by atoms with Gasteiger partial charge in [-0.05, 0) is 43.4 Å². The second kappa shape index (κ2) is 24.2. The van der Waals surface area contributed by atoms with Crippen molar-refractivity contribution in [3.63, 3.8) is 0 Å². The monoisotopic (exact) mass is 592 g/mol. The van der Waals surface area contributed by atoms with Crippen LogP contribution in [0.4, 0.5) is 0 Å². The first-order chi connectivity index (χ1) is 20.2. The molecule has 0 fully saturated rings. The second-order valence-electron chi connectivity index (χ2n) is 9.25. The number of rotatable bonds is 14. The summed E-state index contributed by atoms with van der Waals surface area (Å²) in [6, 6.07) is 6.96. The Kier molecular flexibility index (Phi) is 23.5. The summed E-state index contributed by atoms with van der Waals surface area (Å²) in [5, 5.41) is 10.2. The average molecular weight is 593 g/mol. The van der Waals surface area contributed by atoms with Crippen LogP contribution in [0.25, 0.3) is 11.3 Å². The minimum absolute atomic E-state index is 0.0505. The molecule has 0 bridgehead atoms. The summed E-state index contributed by atoms with van der Waals surface area (Å²) in [5.74, 6) is 0.847. The lowest BCUT2D eigenvalue weighted by atomic mass is 10.0. The second-order valence-corrected chi connectivity index (χ2v) is 9.25. The van der Waals surface area contributed by atoms with Crippen LogP contribution in [0.3, 0.4) is 0 Å². The van der Waals surface area contributed by atoms with Gasteiger partial charge in [-0.2, -0.15) is 5.10 Å². The number of methoxy groups -OCH3 is 3. The number of nitrogens with one attached hydrogen (secondary N) is 2. The van der Waals surface area contributed by atoms with E-state index in [1.54, 1.807) is 34.5 Å². The van der Waals surface area contributed by atoms with E-state index in [1.165, 1.54) is 0 Å². The summed E-state index contributed by atoms with van der Waals surface area (Å²) >= 11 is 0. The summed E-state index contributed by atoms with van der Waals surface area (Å²) in [4.78, 5) is 36.1. The number of hydrogen-bond donors (Lipinski definition) is 2. The number of aldehydes is 1. The van der Waals surface area contributed by atoms with E-state index >= 15 is 0 Å². The minimum atomic E-state index is -0.392. The van der Waals surface area contributed by atoms with Gasteiger partial charge in [0.1, 0.15) is 17.8 Å². The van der Waals surface area contributed by atoms with Crippen molar-refractivity contribution < 1.29 is 28.6 Å². The predicted molar refractivity (Wildman–Crippen MR) is 170 cm³/mol. The molecule has 1 unspecified atom stereocenters. The van der Waals surface area contributed by atoms with Crippen LogP contribution >= 0.6 is 0 Å². The maximum absolute atomic E-state index is 13.3. The normalized spacial score (nSPS) is 10.6. The molecule has 0 saturated heterocycles. The van der Waals surface area contributed by atoms with Crippen LogP contribution in [0.1, 0.15) is 97.6 Å². The summed E-state index contributed by atoms with van der Waals surface area (Å²) in [6.07, 6.45) is 2.98. The van der Waals surface area contributed by atoms with E-state index in [0.29, 0.717) is 24.2 Å². The van der Waals surface area contributed by atoms with Crippen molar-refractivity contribution in [2.45, 2.75) is 93.2 Å². The number of benzene rings is 1. The van der Waals surface area contributed by atoms with E-state index < -0.39 is 6.04 Å². The highest BCUT2D eigenvalue weighted by molar-refractivity contribution is 5.94. The maximum atomic E-state index is 13.3. The molecule has 0 radical (unpaired) electrons. The first kappa shape index (κ1) is 40.7. The molecule has 0 aliphatic carbocycles. The van der Waals surface area contributed by atoms with E-state index in [9.17, 15) is 14.4 Å². The molecule has 2 amide bonds. The quantitative estimate of drug-likeness (QED) is 0.255. The van der Waals surface area contributed by atoms with Crippen molar-refractivity contribution in [1.29, 1.82) is 0 Å². The number of amides is 2. The van der Waals surface area contributed by atoms with Crippen molar-refractivity contribution in [1.82, 2.24) is 20.4 Å². The standard InChI is InChI=1S/C26H38N4O5.C2H6O.2C2H6/c1-7-19(8-2)30-21(25-22(34-5)10-9-11-23(25)35-6)16-20(29-30)26(33)28-18(14-17(3)4)15-24(32)27-12-13-31;1-3-2;2*1-2/h9-11,13,16-19H,7-8,12,14-15H2,1-6H3,(H,27,32)(H,28,33);1-2H3;2*1-2H3. The summed E-state index contributed by atoms with van der Waals surface area (Å²) in [7, 11) is 6.44. The molecule has 1 heterocycles. The molecule has 0 aliphatic rings. The molecule has 1 atom stereocenters. The van der Waals surface area contributed by atoms with Gasteiger partial charge >= 0.3 is 0 Å². The van der Waals surface area contributed by atoms with Crippen LogP contribution in [-0.4, -0.2) is 68.9 Å². The third kappa shape index (κ3) is 13.5. The van der Waals surface area contributed by atoms with E-state index in [4.69, 9.17) is 9.47 Å². The molecule has 10 heteroatoms. The Labute approximate surface area is 253 Å². The van der Waals surface area contributed by atoms with Crippen molar-refractivity contribution >= 4 is 18.1 Å². The molecule has 2 aromatic rings. The third-order valence-corrected chi connectivity index (χ3v) is 5.85. The van der Waals surface area contributed by atoms with E-state index in [0.717, 1.165) is 24.1 Å². The molecule has 42 heavy (non-hydrogen) atoms. The zero-order valence-electron chi connectivity index (χ0n) is 28.0. The Morgan fingerprint density at radius 1 is 0.976 bits per heavy atom. The highest BCUT2D eigenvalue weighted by atomic mass is 16.5. The number of nitrogens with zero attached hydrogens (tertiary/aromatic N) is 2. The minimum Gasteiger partial charge on any atom is -0.496 e. The topological polar surface area (TPSA) is 121 Å². The number of carbonyl (C=O) groups excluding carboxylic acids is 3. The molecule has 10 nitrogen and oxygen atoms in total. The van der Waals surface area contributed by atoms with E-state index in [-0.39, 0.29) is 42.4 Å². The number of carbonyl (C=O) groups is 3. The van der Waals surface area contributed by atoms with Crippen LogP contribution in [-0.2, 0) is 14.3 Å². The smallest absolute Gasteiger partial charge is 0.272 e. The first-order valence-electron chi connectivity index (χ1n) is 14.9. The summed E-state index contributed by atoms with van der Waals surface area (Å²) < 4.78 is 17.3. The van der Waals surface area contributed by atoms with Gasteiger partial charge in [0.2, 0.25) is 5.91 Å². The lowest BCUT2D eigenvalue weighted by Gasteiger charge is -2.20. The van der Waals surface area contributed by atoms with Crippen LogP contribution in [0.5, 0.6) is 11.5 Å². The van der Waals surface area contributed by atoms with Crippen molar-refractivity contribution in [3.05, 3.63) is 30.0 Å². The third-order valence-electron chi connectivity index (χ3n) is 5.85. The zero-order valence-corrected chi connectivity index (χ0v) is 28.0. The van der Waals surface area contributed by atoms with Gasteiger partial charge in [0.05, 0.1) is 38.1 Å². The van der Waals surface area contributed by atoms with Gasteiger partial charge in [-0.3, -0.25) is 14.3 Å². The lowest BCUT2D eigenvalue weighted by Crippen LogP contribution is -2.40. The zero-order chi connectivity index (χ0) is 32.7. The molecule has 0 saturated carbocycles. The molecule has 240 valence electrons. The largest absolute Gasteiger partial charge is 0.496 e. The van der Waals surface area contributed by atoms with Crippen LogP contribution < -0.4 is 20.1 Å². The maximum Gasteiger partial charge on any atom is 0.272 e. The van der Waals surface area contributed by atoms with E-state index in [2.05, 4.69) is 34.3 Å². The fourth-order valence-corrected chi connectivity index (χ4v) is 4.18. The van der Waals surface area contributed by atoms with Crippen LogP contribution in [0, 0.1) is 5.92 Å². The van der Waals surface area contributed by atoms with Crippen molar-refractivity contribution in [2.75, 3.05) is 35.0 Å². The highest BCUT2D eigenvalue weighted by Crippen LogP contribution is 2.40. The summed E-state index contributed by atoms with van der Waals surface area (Å²) in [5.41, 5.74) is 1.70. The molecule has 2 N–H and O–H groups in total. The number of ether oxygens (including phenoxy) is 3. The average Bonchev–Trinajstić information content (AvgIpc) is 3.43. The van der Waals surface area contributed by atoms with Gasteiger partial charge < -0.3 is 29.6 Å². The Bertz CT molecular complexity index is 996. The van der Waals surface area contributed by atoms with Gasteiger partial charge in [0, 0.05) is 26.7 Å². The fourth-order valence-electron chi connectivity index (χ4n) is 4.18. The SMILES string of the molecule is CC.CC.CCC(CC)n1nc(C(=O)NC(CC(=O)NCC=O)CC(C)C)cc1-c1c(OC)cccc1OC.COC. The predicted octanol–water partition coefficient (Wildman–Crippen LogP) is 6.09. The lowest BCUT2D eigenvalue weighted by molar-refractivity contribution is -0.123. The molecule has 0 spiro atoms. The number of hydrogen-bond acceptors (Lipinski definition) is 7. The van der Waals surface area contributed by atoms with Gasteiger partial charge in [-0.25, -0.2) is 0 Å². The summed E-state index contributed by atoms with van der Waals surface area (Å²) in [6.45, 7) is 16.2. The van der Waals surface area contributed by atoms with Crippen molar-refractivity contribution in [2.24, 2.45) is 5.92 Å².